The van der Waals surface area contributed by atoms with Crippen molar-refractivity contribution in [1.29, 1.82) is 0 Å². The van der Waals surface area contributed by atoms with Gasteiger partial charge in [0.1, 0.15) is 0 Å². The standard InChI is InChI=1S/C14H19N3/c1-9-7-16-12-4-2-3-10-11-8-15-6-5-13(11)17(9)14(10)12/h2-4,9,11,13,15-16H,5-8H2,1H3. The van der Waals surface area contributed by atoms with Gasteiger partial charge in [0.05, 0.1) is 11.4 Å². The summed E-state index contributed by atoms with van der Waals surface area (Å²) >= 11 is 0. The average molecular weight is 229 g/mol. The van der Waals surface area contributed by atoms with Crippen LogP contribution in [-0.2, 0) is 0 Å². The van der Waals surface area contributed by atoms with Gasteiger partial charge in [-0.05, 0) is 31.5 Å². The number of anilines is 2. The molecule has 0 spiro atoms. The third-order valence-electron chi connectivity index (χ3n) is 4.59. The summed E-state index contributed by atoms with van der Waals surface area (Å²) < 4.78 is 0. The van der Waals surface area contributed by atoms with Gasteiger partial charge in [-0.25, -0.2) is 0 Å². The SMILES string of the molecule is CC1CNc2cccc3c2N1C1CCNCC31. The molecule has 0 amide bonds. The van der Waals surface area contributed by atoms with Crippen LogP contribution in [0.3, 0.4) is 0 Å². The maximum absolute atomic E-state index is 3.57. The lowest BCUT2D eigenvalue weighted by Crippen LogP contribution is -2.50. The molecular weight excluding hydrogens is 210 g/mol. The fraction of sp³-hybridized carbons (Fsp3) is 0.571. The van der Waals surface area contributed by atoms with Crippen molar-refractivity contribution in [3.05, 3.63) is 23.8 Å². The van der Waals surface area contributed by atoms with E-state index in [9.17, 15) is 0 Å². The lowest BCUT2D eigenvalue weighted by atomic mass is 9.90. The minimum atomic E-state index is 0.622. The van der Waals surface area contributed by atoms with Gasteiger partial charge in [-0.3, -0.25) is 0 Å². The molecule has 1 saturated heterocycles. The van der Waals surface area contributed by atoms with Crippen molar-refractivity contribution >= 4 is 11.4 Å². The average Bonchev–Trinajstić information content (AvgIpc) is 2.71. The summed E-state index contributed by atoms with van der Waals surface area (Å²) in [5.41, 5.74) is 4.39. The molecule has 3 unspecified atom stereocenters. The Kier molecular flexibility index (Phi) is 1.95. The monoisotopic (exact) mass is 229 g/mol. The van der Waals surface area contributed by atoms with E-state index in [0.717, 1.165) is 19.1 Å². The lowest BCUT2D eigenvalue weighted by molar-refractivity contribution is 0.387. The van der Waals surface area contributed by atoms with Crippen LogP contribution in [0.25, 0.3) is 0 Å². The van der Waals surface area contributed by atoms with E-state index >= 15 is 0 Å². The van der Waals surface area contributed by atoms with Gasteiger partial charge in [-0.1, -0.05) is 12.1 Å². The van der Waals surface area contributed by atoms with Crippen LogP contribution in [0.1, 0.15) is 24.8 Å². The predicted molar refractivity (Wildman–Crippen MR) is 70.9 cm³/mol. The van der Waals surface area contributed by atoms with E-state index in [0.29, 0.717) is 12.0 Å². The molecule has 0 saturated carbocycles. The number of para-hydroxylation sites is 1. The summed E-state index contributed by atoms with van der Waals surface area (Å²) in [6.07, 6.45) is 1.28. The maximum atomic E-state index is 3.57. The van der Waals surface area contributed by atoms with Crippen LogP contribution in [-0.4, -0.2) is 31.7 Å². The third-order valence-corrected chi connectivity index (χ3v) is 4.59. The summed E-state index contributed by atoms with van der Waals surface area (Å²) in [5, 5.41) is 7.12. The van der Waals surface area contributed by atoms with Crippen molar-refractivity contribution in [1.82, 2.24) is 5.32 Å². The van der Waals surface area contributed by atoms with Crippen LogP contribution in [0.15, 0.2) is 18.2 Å². The quantitative estimate of drug-likeness (QED) is 0.710. The Bertz CT molecular complexity index is 457. The number of hydrogen-bond acceptors (Lipinski definition) is 3. The number of nitrogens with zero attached hydrogens (tertiary/aromatic N) is 1. The second-order valence-electron chi connectivity index (χ2n) is 5.55. The Morgan fingerprint density at radius 3 is 3.18 bits per heavy atom. The van der Waals surface area contributed by atoms with E-state index in [-0.39, 0.29) is 0 Å². The van der Waals surface area contributed by atoms with E-state index in [1.165, 1.54) is 24.3 Å². The maximum Gasteiger partial charge on any atom is 0.0644 e. The van der Waals surface area contributed by atoms with Gasteiger partial charge in [-0.15, -0.1) is 0 Å². The van der Waals surface area contributed by atoms with E-state index in [1.807, 2.05) is 0 Å². The van der Waals surface area contributed by atoms with E-state index in [2.05, 4.69) is 40.7 Å². The molecule has 3 heterocycles. The molecule has 3 heteroatoms. The molecule has 17 heavy (non-hydrogen) atoms. The number of nitrogens with one attached hydrogen (secondary N) is 2. The number of hydrogen-bond donors (Lipinski definition) is 2. The first-order valence-corrected chi connectivity index (χ1v) is 6.72. The zero-order chi connectivity index (χ0) is 11.4. The van der Waals surface area contributed by atoms with Crippen LogP contribution in [0.4, 0.5) is 11.4 Å². The fourth-order valence-electron chi connectivity index (χ4n) is 3.86. The minimum Gasteiger partial charge on any atom is -0.381 e. The van der Waals surface area contributed by atoms with Gasteiger partial charge in [0.25, 0.3) is 0 Å². The molecule has 0 bridgehead atoms. The van der Waals surface area contributed by atoms with Crippen molar-refractivity contribution in [2.24, 2.45) is 0 Å². The zero-order valence-corrected chi connectivity index (χ0v) is 10.2. The molecule has 1 aromatic carbocycles. The highest BCUT2D eigenvalue weighted by Gasteiger charge is 2.44. The molecule has 90 valence electrons. The van der Waals surface area contributed by atoms with E-state index < -0.39 is 0 Å². The van der Waals surface area contributed by atoms with Crippen molar-refractivity contribution in [2.45, 2.75) is 31.3 Å². The van der Waals surface area contributed by atoms with Crippen molar-refractivity contribution in [2.75, 3.05) is 29.9 Å². The van der Waals surface area contributed by atoms with Gasteiger partial charge in [0.15, 0.2) is 0 Å². The molecule has 0 aliphatic carbocycles. The number of fused-ring (bicyclic) bond motifs is 3. The largest absolute Gasteiger partial charge is 0.381 e. The number of rotatable bonds is 0. The highest BCUT2D eigenvalue weighted by molar-refractivity contribution is 5.80. The molecule has 4 rings (SSSR count). The van der Waals surface area contributed by atoms with Crippen molar-refractivity contribution in [3.8, 4) is 0 Å². The fourth-order valence-corrected chi connectivity index (χ4v) is 3.86. The Morgan fingerprint density at radius 1 is 1.29 bits per heavy atom. The predicted octanol–water partition coefficient (Wildman–Crippen LogP) is 1.77. The highest BCUT2D eigenvalue weighted by atomic mass is 15.3. The molecule has 3 nitrogen and oxygen atoms in total. The van der Waals surface area contributed by atoms with Gasteiger partial charge in [0, 0.05) is 31.1 Å². The first-order chi connectivity index (χ1) is 8.36. The van der Waals surface area contributed by atoms with Gasteiger partial charge < -0.3 is 15.5 Å². The minimum absolute atomic E-state index is 0.622. The summed E-state index contributed by atoms with van der Waals surface area (Å²) in [4.78, 5) is 2.69. The highest BCUT2D eigenvalue weighted by Crippen LogP contribution is 2.49. The Balaban J connectivity index is 1.90. The molecular formula is C14H19N3. The number of piperidine rings is 1. The summed E-state index contributed by atoms with van der Waals surface area (Å²) in [6.45, 7) is 5.73. The second-order valence-corrected chi connectivity index (χ2v) is 5.55. The number of benzene rings is 1. The molecule has 3 atom stereocenters. The summed E-state index contributed by atoms with van der Waals surface area (Å²) in [6, 6.07) is 8.10. The Labute approximate surface area is 102 Å². The first kappa shape index (κ1) is 9.77. The molecule has 3 aliphatic heterocycles. The second kappa shape index (κ2) is 3.39. The molecule has 3 aliphatic rings. The topological polar surface area (TPSA) is 27.3 Å². The Morgan fingerprint density at radius 2 is 2.24 bits per heavy atom. The molecule has 1 aromatic rings. The van der Waals surface area contributed by atoms with Crippen LogP contribution in [0.5, 0.6) is 0 Å². The molecule has 0 radical (unpaired) electrons. The van der Waals surface area contributed by atoms with Crippen molar-refractivity contribution < 1.29 is 0 Å². The third kappa shape index (κ3) is 1.20. The van der Waals surface area contributed by atoms with Gasteiger partial charge in [-0.2, -0.15) is 0 Å². The van der Waals surface area contributed by atoms with Crippen LogP contribution in [0.2, 0.25) is 0 Å². The van der Waals surface area contributed by atoms with Crippen LogP contribution in [0, 0.1) is 0 Å². The van der Waals surface area contributed by atoms with Crippen LogP contribution >= 0.6 is 0 Å². The van der Waals surface area contributed by atoms with E-state index in [1.54, 1.807) is 5.56 Å². The smallest absolute Gasteiger partial charge is 0.0644 e. The van der Waals surface area contributed by atoms with Crippen molar-refractivity contribution in [3.63, 3.8) is 0 Å². The normalized spacial score (nSPS) is 33.9. The Hall–Kier alpha value is -1.22. The molecule has 0 aromatic heterocycles. The first-order valence-electron chi connectivity index (χ1n) is 6.72. The summed E-state index contributed by atoms with van der Waals surface area (Å²) in [5.74, 6) is 0.695. The lowest BCUT2D eigenvalue weighted by Gasteiger charge is -2.41. The molecule has 2 N–H and O–H groups in total. The molecule has 1 fully saturated rings. The van der Waals surface area contributed by atoms with Gasteiger partial charge >= 0.3 is 0 Å². The van der Waals surface area contributed by atoms with E-state index in [4.69, 9.17) is 0 Å². The zero-order valence-electron chi connectivity index (χ0n) is 10.2. The summed E-state index contributed by atoms with van der Waals surface area (Å²) in [7, 11) is 0. The van der Waals surface area contributed by atoms with Crippen LogP contribution < -0.4 is 15.5 Å². The van der Waals surface area contributed by atoms with Gasteiger partial charge in [0.2, 0.25) is 0 Å².